The van der Waals surface area contributed by atoms with Crippen LogP contribution in [0.25, 0.3) is 32.9 Å². The first kappa shape index (κ1) is 27.4. The Morgan fingerprint density at radius 2 is 2.02 bits per heavy atom. The molecule has 1 N–H and O–H groups in total. The quantitative estimate of drug-likeness (QED) is 0.331. The molecule has 8 rings (SSSR count). The number of fused-ring (bicyclic) bond motifs is 4. The Balaban J connectivity index is 1.33. The van der Waals surface area contributed by atoms with Crippen LogP contribution in [-0.2, 0) is 11.2 Å². The van der Waals surface area contributed by atoms with Crippen molar-refractivity contribution in [1.29, 1.82) is 0 Å². The minimum atomic E-state index is -0.918. The van der Waals surface area contributed by atoms with E-state index in [2.05, 4.69) is 20.7 Å². The van der Waals surface area contributed by atoms with E-state index in [0.29, 0.717) is 61.4 Å². The van der Waals surface area contributed by atoms with Crippen LogP contribution in [0.15, 0.2) is 24.3 Å². The Labute approximate surface area is 251 Å². The predicted octanol–water partition coefficient (Wildman–Crippen LogP) is 4.92. The number of rotatable bonds is 4. The molecule has 6 heterocycles. The summed E-state index contributed by atoms with van der Waals surface area (Å²) in [4.78, 5) is 18.4. The summed E-state index contributed by atoms with van der Waals surface area (Å²) in [5, 5.41) is 11.8. The van der Waals surface area contributed by atoms with Gasteiger partial charge in [-0.1, -0.05) is 12.0 Å². The van der Waals surface area contributed by atoms with Gasteiger partial charge < -0.3 is 19.5 Å². The molecule has 2 aromatic heterocycles. The zero-order valence-corrected chi connectivity index (χ0v) is 24.0. The first-order chi connectivity index (χ1) is 21.3. The smallest absolute Gasteiger partial charge is 0.319 e. The normalized spacial score (nSPS) is 24.7. The van der Waals surface area contributed by atoms with Crippen molar-refractivity contribution < 1.29 is 27.8 Å². The van der Waals surface area contributed by atoms with Crippen LogP contribution in [-0.4, -0.2) is 82.2 Å². The molecule has 8 nitrogen and oxygen atoms in total. The highest BCUT2D eigenvalue weighted by atomic mass is 19.1. The van der Waals surface area contributed by atoms with Crippen molar-refractivity contribution in [3.8, 4) is 35.4 Å². The Hall–Kier alpha value is -4.14. The Morgan fingerprint density at radius 1 is 1.14 bits per heavy atom. The van der Waals surface area contributed by atoms with Crippen LogP contribution >= 0.6 is 0 Å². The molecule has 3 atom stereocenters. The number of alkyl halides is 1. The molecule has 0 spiro atoms. The zero-order chi connectivity index (χ0) is 30.2. The first-order valence-corrected chi connectivity index (χ1v) is 15.0. The topological polar surface area (TPSA) is 83.8 Å². The number of anilines is 1. The van der Waals surface area contributed by atoms with Crippen LogP contribution < -0.4 is 9.64 Å². The third kappa shape index (κ3) is 4.19. The van der Waals surface area contributed by atoms with Gasteiger partial charge in [0.05, 0.1) is 34.8 Å². The van der Waals surface area contributed by atoms with Crippen LogP contribution in [0.5, 0.6) is 11.8 Å². The lowest BCUT2D eigenvalue weighted by molar-refractivity contribution is 0.107. The number of pyridine rings is 1. The SMILES string of the molecule is C#Cc1c(F)ccc2cc(O)cc(-c3nc4c5c(nc(OC[C@@]67CCCN6C[C@H](F)C7)nc5c3F)N3CCCOC[C@H]3C4)c12. The molecule has 0 saturated carbocycles. The van der Waals surface area contributed by atoms with Gasteiger partial charge in [-0.2, -0.15) is 9.97 Å². The fourth-order valence-electron chi connectivity index (χ4n) is 7.70. The molecule has 3 fully saturated rings. The lowest BCUT2D eigenvalue weighted by atomic mass is 9.94. The number of phenolic OH excluding ortho intramolecular Hbond substituents is 1. The van der Waals surface area contributed by atoms with Gasteiger partial charge in [-0.05, 0) is 49.4 Å². The molecular formula is C33H30F3N5O3. The maximum Gasteiger partial charge on any atom is 0.319 e. The molecule has 0 aliphatic carbocycles. The van der Waals surface area contributed by atoms with Crippen molar-refractivity contribution in [3.05, 3.63) is 47.2 Å². The predicted molar refractivity (Wildman–Crippen MR) is 159 cm³/mol. The third-order valence-electron chi connectivity index (χ3n) is 9.64. The van der Waals surface area contributed by atoms with E-state index >= 15 is 4.39 Å². The monoisotopic (exact) mass is 601 g/mol. The fraction of sp³-hybridized carbons (Fsp3) is 0.424. The number of halogens is 3. The standard InChI is InChI=1S/C33H30F3N5O3/c1-2-22-24(35)6-5-18-11-21(42)13-23(26(18)22)29-28(36)30-27-25(37-29)12-20-16-43-10-4-9-41(20)31(27)39-32(38-30)44-17-33-7-3-8-40(33)15-19(34)14-33/h1,5-6,11,13,19-20,42H,3-4,7-10,12,14-17H2/t19-,20-,33+/m1/s1. The van der Waals surface area contributed by atoms with E-state index in [1.165, 1.54) is 24.3 Å². The van der Waals surface area contributed by atoms with Crippen LogP contribution in [0.2, 0.25) is 0 Å². The number of phenols is 1. The molecule has 0 bridgehead atoms. The molecule has 0 radical (unpaired) electrons. The summed E-state index contributed by atoms with van der Waals surface area (Å²) >= 11 is 0. The number of ether oxygens (including phenoxy) is 2. The Kier molecular flexibility index (Phi) is 6.36. The average molecular weight is 602 g/mol. The second-order valence-electron chi connectivity index (χ2n) is 12.3. The highest BCUT2D eigenvalue weighted by Gasteiger charge is 2.49. The Morgan fingerprint density at radius 3 is 2.89 bits per heavy atom. The maximum absolute atomic E-state index is 16.8. The molecule has 4 aliphatic heterocycles. The van der Waals surface area contributed by atoms with Gasteiger partial charge in [-0.15, -0.1) is 6.42 Å². The lowest BCUT2D eigenvalue weighted by Gasteiger charge is -2.36. The van der Waals surface area contributed by atoms with Gasteiger partial charge in [-0.25, -0.2) is 18.2 Å². The largest absolute Gasteiger partial charge is 0.508 e. The van der Waals surface area contributed by atoms with Gasteiger partial charge in [0.2, 0.25) is 0 Å². The van der Waals surface area contributed by atoms with E-state index < -0.39 is 23.3 Å². The fourth-order valence-corrected chi connectivity index (χ4v) is 7.70. The summed E-state index contributed by atoms with van der Waals surface area (Å²) in [6, 6.07) is 5.40. The van der Waals surface area contributed by atoms with Gasteiger partial charge in [-0.3, -0.25) is 4.90 Å². The minimum absolute atomic E-state index is 0.0000243. The van der Waals surface area contributed by atoms with Crippen molar-refractivity contribution in [2.24, 2.45) is 0 Å². The summed E-state index contributed by atoms with van der Waals surface area (Å²) < 4.78 is 58.2. The van der Waals surface area contributed by atoms with Crippen LogP contribution in [0.1, 0.15) is 36.9 Å². The molecule has 2 aromatic carbocycles. The van der Waals surface area contributed by atoms with E-state index in [-0.39, 0.29) is 52.1 Å². The van der Waals surface area contributed by atoms with Crippen molar-refractivity contribution in [2.75, 3.05) is 44.4 Å². The average Bonchev–Trinajstić information content (AvgIpc) is 3.42. The summed E-state index contributed by atoms with van der Waals surface area (Å²) in [7, 11) is 0. The van der Waals surface area contributed by atoms with Gasteiger partial charge in [0, 0.05) is 43.5 Å². The molecule has 0 unspecified atom stereocenters. The van der Waals surface area contributed by atoms with E-state index in [0.717, 1.165) is 25.8 Å². The summed E-state index contributed by atoms with van der Waals surface area (Å²) in [6.07, 6.45) is 8.15. The number of benzene rings is 2. The number of hydrogen-bond donors (Lipinski definition) is 1. The zero-order valence-electron chi connectivity index (χ0n) is 24.0. The van der Waals surface area contributed by atoms with Crippen LogP contribution in [0.4, 0.5) is 19.0 Å². The number of aromatic hydroxyl groups is 1. The van der Waals surface area contributed by atoms with Crippen molar-refractivity contribution in [1.82, 2.24) is 19.9 Å². The van der Waals surface area contributed by atoms with Gasteiger partial charge in [0.25, 0.3) is 0 Å². The third-order valence-corrected chi connectivity index (χ3v) is 9.64. The molecular weight excluding hydrogens is 571 g/mol. The number of terminal acetylenes is 1. The summed E-state index contributed by atoms with van der Waals surface area (Å²) in [5.41, 5.74) is 0.149. The Bertz CT molecular complexity index is 1880. The molecule has 4 aromatic rings. The lowest BCUT2D eigenvalue weighted by Crippen LogP contribution is -2.44. The van der Waals surface area contributed by atoms with E-state index in [1.54, 1.807) is 0 Å². The maximum atomic E-state index is 16.8. The summed E-state index contributed by atoms with van der Waals surface area (Å²) in [6.45, 7) is 3.07. The highest BCUT2D eigenvalue weighted by Crippen LogP contribution is 2.44. The minimum Gasteiger partial charge on any atom is -0.508 e. The molecule has 226 valence electrons. The van der Waals surface area contributed by atoms with E-state index in [4.69, 9.17) is 25.9 Å². The van der Waals surface area contributed by atoms with Crippen molar-refractivity contribution in [2.45, 2.75) is 49.9 Å². The molecule has 0 amide bonds. The van der Waals surface area contributed by atoms with Crippen molar-refractivity contribution in [3.63, 3.8) is 0 Å². The number of aromatic nitrogens is 3. The van der Waals surface area contributed by atoms with E-state index in [9.17, 15) is 13.9 Å². The second kappa shape index (κ2) is 10.2. The molecule has 11 heteroatoms. The van der Waals surface area contributed by atoms with Gasteiger partial charge in [0.1, 0.15) is 41.4 Å². The molecule has 4 aliphatic rings. The van der Waals surface area contributed by atoms with Gasteiger partial charge >= 0.3 is 6.01 Å². The van der Waals surface area contributed by atoms with Crippen LogP contribution in [0, 0.1) is 24.0 Å². The van der Waals surface area contributed by atoms with Gasteiger partial charge in [0.15, 0.2) is 5.82 Å². The molecule has 44 heavy (non-hydrogen) atoms. The first-order valence-electron chi connectivity index (χ1n) is 15.0. The number of nitrogens with zero attached hydrogens (tertiary/aromatic N) is 5. The summed E-state index contributed by atoms with van der Waals surface area (Å²) in [5.74, 6) is 1.37. The van der Waals surface area contributed by atoms with Crippen LogP contribution in [0.3, 0.4) is 0 Å². The van der Waals surface area contributed by atoms with Crippen molar-refractivity contribution >= 4 is 27.5 Å². The number of hydrogen-bond acceptors (Lipinski definition) is 8. The second-order valence-corrected chi connectivity index (χ2v) is 12.3. The highest BCUT2D eigenvalue weighted by molar-refractivity contribution is 6.03. The van der Waals surface area contributed by atoms with E-state index in [1.807, 2.05) is 0 Å². The molecule has 3 saturated heterocycles.